The molecule has 4 N–H and O–H groups in total. The van der Waals surface area contributed by atoms with Crippen LogP contribution in [-0.2, 0) is 20.9 Å². The number of ether oxygens (including phenoxy) is 1. The fourth-order valence-corrected chi connectivity index (χ4v) is 3.72. The Morgan fingerprint density at radius 3 is 2.48 bits per heavy atom. The Hall–Kier alpha value is -2.16. The van der Waals surface area contributed by atoms with Gasteiger partial charge in [0.2, 0.25) is 5.91 Å². The lowest BCUT2D eigenvalue weighted by atomic mass is 9.95. The Morgan fingerprint density at radius 1 is 1.19 bits per heavy atom. The fraction of sp³-hybridized carbons (Fsp3) is 0.591. The minimum Gasteiger partial charge on any atom is -0.445 e. The lowest BCUT2D eigenvalue weighted by molar-refractivity contribution is -0.128. The van der Waals surface area contributed by atoms with Crippen LogP contribution in [0.1, 0.15) is 38.7 Å². The summed E-state index contributed by atoms with van der Waals surface area (Å²) in [6.07, 6.45) is -0.0805. The number of amides is 2. The van der Waals surface area contributed by atoms with Crippen LogP contribution in [0.15, 0.2) is 30.3 Å². The number of alkyl halides is 1. The van der Waals surface area contributed by atoms with Gasteiger partial charge in [0.15, 0.2) is 5.78 Å². The molecule has 0 aliphatic carbocycles. The Labute approximate surface area is 188 Å². The van der Waals surface area contributed by atoms with Gasteiger partial charge in [-0.2, -0.15) is 0 Å². The van der Waals surface area contributed by atoms with Crippen LogP contribution in [0.3, 0.4) is 0 Å². The number of aliphatic hydroxyl groups is 1. The van der Waals surface area contributed by atoms with Gasteiger partial charge in [0.05, 0.1) is 11.9 Å². The van der Waals surface area contributed by atoms with Gasteiger partial charge in [-0.25, -0.2) is 4.79 Å². The lowest BCUT2D eigenvalue weighted by Gasteiger charge is -2.25. The first kappa shape index (κ1) is 25.1. The van der Waals surface area contributed by atoms with E-state index in [2.05, 4.69) is 16.0 Å². The molecule has 0 bridgehead atoms. The number of ketones is 1. The van der Waals surface area contributed by atoms with Crippen LogP contribution in [0.2, 0.25) is 0 Å². The third kappa shape index (κ3) is 8.47. The largest absolute Gasteiger partial charge is 0.445 e. The first-order valence-corrected chi connectivity index (χ1v) is 11.1. The summed E-state index contributed by atoms with van der Waals surface area (Å²) in [6.45, 7) is 4.59. The average molecular weight is 454 g/mol. The van der Waals surface area contributed by atoms with Crippen molar-refractivity contribution in [2.75, 3.05) is 12.4 Å². The molecule has 8 nitrogen and oxygen atoms in total. The van der Waals surface area contributed by atoms with E-state index in [4.69, 9.17) is 16.3 Å². The molecule has 1 unspecified atom stereocenters. The topological polar surface area (TPSA) is 117 Å². The summed E-state index contributed by atoms with van der Waals surface area (Å²) in [4.78, 5) is 37.5. The van der Waals surface area contributed by atoms with E-state index in [9.17, 15) is 19.5 Å². The summed E-state index contributed by atoms with van der Waals surface area (Å²) in [6, 6.07) is 7.53. The van der Waals surface area contributed by atoms with Gasteiger partial charge in [0, 0.05) is 5.92 Å². The van der Waals surface area contributed by atoms with Crippen LogP contribution in [-0.4, -0.2) is 53.6 Å². The van der Waals surface area contributed by atoms with Crippen LogP contribution < -0.4 is 16.0 Å². The van der Waals surface area contributed by atoms with E-state index in [0.717, 1.165) is 5.56 Å². The minimum atomic E-state index is -0.861. The van der Waals surface area contributed by atoms with Crippen molar-refractivity contribution in [1.29, 1.82) is 0 Å². The molecule has 9 heteroatoms. The van der Waals surface area contributed by atoms with Crippen LogP contribution in [0.4, 0.5) is 4.79 Å². The molecule has 0 spiro atoms. The SMILES string of the molecule is CC(C)C[C@H](NC(=O)OCc1ccccc1)C(=O)N[C@@H](C[C@@H]1CCNC1O)C(=O)CCl. The minimum absolute atomic E-state index is 0.0859. The molecule has 1 fully saturated rings. The molecule has 31 heavy (non-hydrogen) atoms. The van der Waals surface area contributed by atoms with E-state index >= 15 is 0 Å². The molecule has 1 saturated heterocycles. The molecule has 4 atom stereocenters. The number of halogens is 1. The molecule has 2 rings (SSSR count). The zero-order valence-electron chi connectivity index (χ0n) is 18.0. The summed E-state index contributed by atoms with van der Waals surface area (Å²) in [5, 5.41) is 18.2. The van der Waals surface area contributed by atoms with E-state index in [-0.39, 0.29) is 36.5 Å². The maximum absolute atomic E-state index is 12.9. The van der Waals surface area contributed by atoms with Crippen molar-refractivity contribution in [3.63, 3.8) is 0 Å². The quantitative estimate of drug-likeness (QED) is 0.380. The van der Waals surface area contributed by atoms with E-state index in [1.54, 1.807) is 0 Å². The molecular formula is C22H32ClN3O5. The number of nitrogens with one attached hydrogen (secondary N) is 3. The van der Waals surface area contributed by atoms with Crippen molar-refractivity contribution in [1.82, 2.24) is 16.0 Å². The second-order valence-electron chi connectivity index (χ2n) is 8.23. The molecule has 0 aromatic heterocycles. The number of benzene rings is 1. The summed E-state index contributed by atoms with van der Waals surface area (Å²) >= 11 is 5.73. The predicted octanol–water partition coefficient (Wildman–Crippen LogP) is 1.94. The van der Waals surface area contributed by atoms with E-state index in [1.165, 1.54) is 0 Å². The Balaban J connectivity index is 1.98. The molecule has 0 saturated carbocycles. The van der Waals surface area contributed by atoms with Crippen molar-refractivity contribution >= 4 is 29.4 Å². The number of carbonyl (C=O) groups excluding carboxylic acids is 3. The van der Waals surface area contributed by atoms with Gasteiger partial charge in [-0.05, 0) is 37.3 Å². The van der Waals surface area contributed by atoms with E-state index in [1.807, 2.05) is 44.2 Å². The maximum atomic E-state index is 12.9. The Kier molecular flexibility index (Phi) is 10.2. The average Bonchev–Trinajstić information content (AvgIpc) is 3.15. The molecule has 1 heterocycles. The fourth-order valence-electron chi connectivity index (χ4n) is 3.54. The number of hydrogen-bond acceptors (Lipinski definition) is 6. The highest BCUT2D eigenvalue weighted by atomic mass is 35.5. The summed E-state index contributed by atoms with van der Waals surface area (Å²) < 4.78 is 5.23. The van der Waals surface area contributed by atoms with Gasteiger partial charge in [0.25, 0.3) is 0 Å². The smallest absolute Gasteiger partial charge is 0.408 e. The third-order valence-corrected chi connectivity index (χ3v) is 5.48. The molecule has 172 valence electrons. The first-order chi connectivity index (χ1) is 14.8. The normalized spacial score (nSPS) is 20.2. The second kappa shape index (κ2) is 12.6. The van der Waals surface area contributed by atoms with Crippen molar-refractivity contribution in [2.45, 2.75) is 58.0 Å². The highest BCUT2D eigenvalue weighted by molar-refractivity contribution is 6.28. The highest BCUT2D eigenvalue weighted by Gasteiger charge is 2.33. The lowest BCUT2D eigenvalue weighted by Crippen LogP contribution is -2.53. The Morgan fingerprint density at radius 2 is 1.90 bits per heavy atom. The van der Waals surface area contributed by atoms with Crippen LogP contribution in [0, 0.1) is 11.8 Å². The van der Waals surface area contributed by atoms with Crippen molar-refractivity contribution in [3.05, 3.63) is 35.9 Å². The van der Waals surface area contributed by atoms with Gasteiger partial charge in [0.1, 0.15) is 18.9 Å². The van der Waals surface area contributed by atoms with Crippen LogP contribution >= 0.6 is 11.6 Å². The Bertz CT molecular complexity index is 731. The summed E-state index contributed by atoms with van der Waals surface area (Å²) in [5.74, 6) is -1.10. The maximum Gasteiger partial charge on any atom is 0.408 e. The van der Waals surface area contributed by atoms with Gasteiger partial charge in [-0.3, -0.25) is 14.9 Å². The molecule has 1 aromatic rings. The van der Waals surface area contributed by atoms with Crippen LogP contribution in [0.25, 0.3) is 0 Å². The van der Waals surface area contributed by atoms with Crippen molar-refractivity contribution in [3.8, 4) is 0 Å². The number of aliphatic hydroxyl groups excluding tert-OH is 1. The van der Waals surface area contributed by atoms with Gasteiger partial charge in [-0.1, -0.05) is 44.2 Å². The monoisotopic (exact) mass is 453 g/mol. The number of alkyl carbamates (subject to hydrolysis) is 1. The first-order valence-electron chi connectivity index (χ1n) is 10.6. The van der Waals surface area contributed by atoms with E-state index in [0.29, 0.717) is 19.4 Å². The second-order valence-corrected chi connectivity index (χ2v) is 8.50. The molecule has 2 amide bonds. The van der Waals surface area contributed by atoms with Gasteiger partial charge in [-0.15, -0.1) is 11.6 Å². The molecule has 0 radical (unpaired) electrons. The number of Topliss-reactive ketones (excluding diaryl/α,β-unsaturated/α-hetero) is 1. The molecule has 1 aromatic carbocycles. The van der Waals surface area contributed by atoms with E-state index < -0.39 is 30.3 Å². The molecule has 1 aliphatic heterocycles. The summed E-state index contributed by atoms with van der Waals surface area (Å²) in [7, 11) is 0. The van der Waals surface area contributed by atoms with Crippen molar-refractivity contribution in [2.24, 2.45) is 11.8 Å². The zero-order chi connectivity index (χ0) is 22.8. The van der Waals surface area contributed by atoms with Crippen LogP contribution in [0.5, 0.6) is 0 Å². The number of carbonyl (C=O) groups is 3. The number of hydrogen-bond donors (Lipinski definition) is 4. The predicted molar refractivity (Wildman–Crippen MR) is 117 cm³/mol. The standard InChI is InChI=1S/C22H32ClN3O5/c1-14(2)10-18(26-22(30)31-13-15-6-4-3-5-7-15)21(29)25-17(19(27)12-23)11-16-8-9-24-20(16)28/h3-7,14,16-18,20,24,28H,8-13H2,1-2H3,(H,25,29)(H,26,30)/t16-,17-,18-,20?/m0/s1. The number of rotatable bonds is 11. The zero-order valence-corrected chi connectivity index (χ0v) is 18.7. The van der Waals surface area contributed by atoms with Crippen molar-refractivity contribution < 1.29 is 24.2 Å². The summed E-state index contributed by atoms with van der Waals surface area (Å²) in [5.41, 5.74) is 0.832. The highest BCUT2D eigenvalue weighted by Crippen LogP contribution is 2.20. The van der Waals surface area contributed by atoms with Gasteiger partial charge >= 0.3 is 6.09 Å². The molecule has 1 aliphatic rings. The van der Waals surface area contributed by atoms with Gasteiger partial charge < -0.3 is 20.5 Å². The molecular weight excluding hydrogens is 422 g/mol. The third-order valence-electron chi connectivity index (χ3n) is 5.22.